The maximum absolute atomic E-state index is 13.1. The second kappa shape index (κ2) is 7.38. The Hall–Kier alpha value is -2.74. The van der Waals surface area contributed by atoms with Gasteiger partial charge in [-0.25, -0.2) is 0 Å². The van der Waals surface area contributed by atoms with E-state index in [-0.39, 0.29) is 22.6 Å². The van der Waals surface area contributed by atoms with Crippen LogP contribution >= 0.6 is 20.0 Å². The van der Waals surface area contributed by atoms with Crippen LogP contribution in [0.5, 0.6) is 23.0 Å². The Morgan fingerprint density at radius 2 is 1.70 bits per heavy atom. The monoisotopic (exact) mass is 542 g/mol. The van der Waals surface area contributed by atoms with E-state index in [2.05, 4.69) is 0 Å². The number of phenols is 2. The van der Waals surface area contributed by atoms with E-state index in [4.69, 9.17) is 9.47 Å². The molecule has 3 heterocycles. The molecule has 0 aromatic heterocycles. The molecule has 0 aliphatic carbocycles. The summed E-state index contributed by atoms with van der Waals surface area (Å²) in [4.78, 5) is 24.6. The number of hydrogen-bond acceptors (Lipinski definition) is 8. The Balaban J connectivity index is 1.68. The van der Waals surface area contributed by atoms with Gasteiger partial charge in [-0.2, -0.15) is 0 Å². The van der Waals surface area contributed by atoms with Crippen LogP contribution in [-0.4, -0.2) is 51.1 Å². The Morgan fingerprint density at radius 3 is 2.45 bits per heavy atom. The van der Waals surface area contributed by atoms with E-state index in [0.717, 1.165) is 15.9 Å². The SMILES string of the molecule is O=C(O)c1ccc2c(c1)C(=O)OC21c2ccc(O)cc2Oc2c1ccc(O)c2[As]1SCCS1. The van der Waals surface area contributed by atoms with Gasteiger partial charge in [0.25, 0.3) is 0 Å². The topological polar surface area (TPSA) is 113 Å². The molecule has 3 aliphatic rings. The molecule has 3 aliphatic heterocycles. The van der Waals surface area contributed by atoms with E-state index in [1.54, 1.807) is 24.3 Å². The van der Waals surface area contributed by atoms with Crippen LogP contribution in [0.25, 0.3) is 0 Å². The first-order chi connectivity index (χ1) is 15.9. The average Bonchev–Trinajstić information content (AvgIpc) is 3.41. The first-order valence-electron chi connectivity index (χ1n) is 9.95. The Bertz CT molecular complexity index is 1370. The van der Waals surface area contributed by atoms with Gasteiger partial charge in [0.1, 0.15) is 0 Å². The first kappa shape index (κ1) is 20.8. The Labute approximate surface area is 199 Å². The van der Waals surface area contributed by atoms with Crippen molar-refractivity contribution in [2.75, 3.05) is 11.5 Å². The van der Waals surface area contributed by atoms with Crippen LogP contribution in [0, 0.1) is 0 Å². The van der Waals surface area contributed by atoms with E-state index in [1.807, 2.05) is 20.0 Å². The van der Waals surface area contributed by atoms with Crippen LogP contribution in [-0.2, 0) is 10.3 Å². The summed E-state index contributed by atoms with van der Waals surface area (Å²) >= 11 is -1.76. The minimum atomic E-state index is -1.76. The van der Waals surface area contributed by atoms with Gasteiger partial charge >= 0.3 is 200 Å². The van der Waals surface area contributed by atoms with E-state index < -0.39 is 29.9 Å². The number of carboxylic acid groups (broad SMARTS) is 1. The number of aromatic carboxylic acids is 1. The number of carbonyl (C=O) groups is 2. The van der Waals surface area contributed by atoms with Crippen LogP contribution in [0.4, 0.5) is 0 Å². The zero-order chi connectivity index (χ0) is 22.9. The fourth-order valence-electron chi connectivity index (χ4n) is 4.47. The summed E-state index contributed by atoms with van der Waals surface area (Å²) in [5.41, 5.74) is 0.365. The standard InChI is InChI=1S/C23H15AsO7S2/c25-12-2-4-15-18(10-12)30-20-16(5-6-17(26)19(20)24-32-7-8-33-24)23(15)14-3-1-11(21(27)28)9-13(14)22(29)31-23/h1-6,9-10,25-26H,7-8H2,(H,27,28). The molecule has 0 amide bonds. The normalized spacial score (nSPS) is 20.7. The molecule has 3 aromatic rings. The number of phenolic OH excluding ortho intramolecular Hbond substituents is 2. The van der Waals surface area contributed by atoms with Crippen molar-refractivity contribution in [1.82, 2.24) is 0 Å². The molecule has 10 heteroatoms. The van der Waals surface area contributed by atoms with Crippen molar-refractivity contribution in [1.29, 1.82) is 0 Å². The Kier molecular flexibility index (Phi) is 4.66. The van der Waals surface area contributed by atoms with Gasteiger partial charge in [-0.15, -0.1) is 0 Å². The third-order valence-corrected chi connectivity index (χ3v) is 19.4. The van der Waals surface area contributed by atoms with Crippen LogP contribution in [0.2, 0.25) is 0 Å². The molecule has 33 heavy (non-hydrogen) atoms. The van der Waals surface area contributed by atoms with Crippen molar-refractivity contribution in [2.24, 2.45) is 0 Å². The first-order valence-corrected chi connectivity index (χ1v) is 17.4. The quantitative estimate of drug-likeness (QED) is 0.331. The number of hydrogen-bond donors (Lipinski definition) is 3. The molecule has 3 aromatic carbocycles. The van der Waals surface area contributed by atoms with Crippen molar-refractivity contribution in [3.63, 3.8) is 0 Å². The van der Waals surface area contributed by atoms with Gasteiger partial charge in [0.2, 0.25) is 0 Å². The van der Waals surface area contributed by atoms with Crippen LogP contribution in [0.1, 0.15) is 37.4 Å². The molecule has 6 rings (SSSR count). The van der Waals surface area contributed by atoms with Crippen molar-refractivity contribution in [3.8, 4) is 23.0 Å². The fourth-order valence-corrected chi connectivity index (χ4v) is 19.3. The molecule has 0 radical (unpaired) electrons. The molecular weight excluding hydrogens is 527 g/mol. The third kappa shape index (κ3) is 2.92. The van der Waals surface area contributed by atoms with Gasteiger partial charge in [0.15, 0.2) is 0 Å². The van der Waals surface area contributed by atoms with Crippen molar-refractivity contribution in [3.05, 3.63) is 76.3 Å². The van der Waals surface area contributed by atoms with Crippen LogP contribution < -0.4 is 9.09 Å². The van der Waals surface area contributed by atoms with Crippen molar-refractivity contribution in [2.45, 2.75) is 5.60 Å². The number of rotatable bonds is 2. The second-order valence-electron chi connectivity index (χ2n) is 7.65. The van der Waals surface area contributed by atoms with E-state index >= 15 is 0 Å². The molecule has 0 bridgehead atoms. The molecular formula is C23H15AsO7S2. The van der Waals surface area contributed by atoms with Gasteiger partial charge in [-0.05, 0) is 0 Å². The summed E-state index contributed by atoms with van der Waals surface area (Å²) in [5, 5.41) is 30.4. The summed E-state index contributed by atoms with van der Waals surface area (Å²) in [5.74, 6) is 1.09. The van der Waals surface area contributed by atoms with Gasteiger partial charge in [0, 0.05) is 0 Å². The summed E-state index contributed by atoms with van der Waals surface area (Å²) in [6, 6.07) is 12.3. The molecule has 1 saturated heterocycles. The van der Waals surface area contributed by atoms with Gasteiger partial charge in [-0.3, -0.25) is 0 Å². The van der Waals surface area contributed by atoms with Crippen LogP contribution in [0.3, 0.4) is 0 Å². The minimum absolute atomic E-state index is 0.0118. The summed E-state index contributed by atoms with van der Waals surface area (Å²) in [7, 11) is 3.67. The molecule has 1 unspecified atom stereocenters. The molecule has 1 fully saturated rings. The number of carbonyl (C=O) groups excluding carboxylic acids is 1. The average molecular weight is 542 g/mol. The summed E-state index contributed by atoms with van der Waals surface area (Å²) in [6.07, 6.45) is 0. The van der Waals surface area contributed by atoms with Gasteiger partial charge in [-0.1, -0.05) is 0 Å². The zero-order valence-electron chi connectivity index (χ0n) is 16.8. The molecule has 7 nitrogen and oxygen atoms in total. The number of ether oxygens (including phenoxy) is 2. The summed E-state index contributed by atoms with van der Waals surface area (Å²) in [6.45, 7) is 0. The fraction of sp³-hybridized carbons (Fsp3) is 0.130. The predicted octanol–water partition coefficient (Wildman–Crippen LogP) is 3.54. The number of carboxylic acids is 1. The number of fused-ring (bicyclic) bond motifs is 6. The van der Waals surface area contributed by atoms with Crippen molar-refractivity contribution >= 4 is 48.7 Å². The van der Waals surface area contributed by atoms with E-state index in [9.17, 15) is 24.9 Å². The molecule has 1 atom stereocenters. The maximum atomic E-state index is 13.1. The predicted molar refractivity (Wildman–Crippen MR) is 125 cm³/mol. The molecule has 0 saturated carbocycles. The molecule has 3 N–H and O–H groups in total. The van der Waals surface area contributed by atoms with Gasteiger partial charge < -0.3 is 0 Å². The van der Waals surface area contributed by atoms with E-state index in [1.165, 1.54) is 24.3 Å². The van der Waals surface area contributed by atoms with E-state index in [0.29, 0.717) is 28.2 Å². The third-order valence-electron chi connectivity index (χ3n) is 5.84. The molecule has 166 valence electrons. The van der Waals surface area contributed by atoms with Gasteiger partial charge in [0.05, 0.1) is 0 Å². The second-order valence-corrected chi connectivity index (χ2v) is 19.2. The summed E-state index contributed by atoms with van der Waals surface area (Å²) < 4.78 is 13.1. The molecule has 1 spiro atoms. The Morgan fingerprint density at radius 1 is 0.970 bits per heavy atom. The van der Waals surface area contributed by atoms with Crippen molar-refractivity contribution < 1.29 is 34.4 Å². The zero-order valence-corrected chi connectivity index (χ0v) is 20.3. The number of benzene rings is 3. The number of esters is 1. The van der Waals surface area contributed by atoms with Crippen LogP contribution in [0.15, 0.2) is 48.5 Å². The number of aromatic hydroxyl groups is 2.